The number of halogens is 1. The van der Waals surface area contributed by atoms with Gasteiger partial charge < -0.3 is 20.3 Å². The third-order valence-electron chi connectivity index (χ3n) is 7.28. The van der Waals surface area contributed by atoms with Gasteiger partial charge >= 0.3 is 5.82 Å². The smallest absolute Gasteiger partial charge is 0.342 e. The number of hydrogen-bond donors (Lipinski definition) is 2. The highest BCUT2D eigenvalue weighted by atomic mass is 35.5. The summed E-state index contributed by atoms with van der Waals surface area (Å²) in [5.41, 5.74) is 2.34. The van der Waals surface area contributed by atoms with Crippen molar-refractivity contribution in [1.29, 1.82) is 0 Å². The number of aromatic nitrogens is 2. The molecule has 1 saturated carbocycles. The summed E-state index contributed by atoms with van der Waals surface area (Å²) in [5.74, 6) is -0.258. The number of nitro groups is 1. The fourth-order valence-corrected chi connectivity index (χ4v) is 5.43. The minimum absolute atomic E-state index is 0.0138. The van der Waals surface area contributed by atoms with Crippen molar-refractivity contribution in [2.24, 2.45) is 5.92 Å². The number of carbonyl (C=O) groups excluding carboxylic acids is 2. The molecule has 3 aromatic rings. The number of imidazole rings is 1. The summed E-state index contributed by atoms with van der Waals surface area (Å²) < 4.78 is 1.38. The SMILES string of the molecule is Cc1ncc([N+](=O)[O-])n1CC(C)O.O=C1C(=O)c2ccccc2C(O)=C1C1CCC(c2ccc(Cl)cc2)CC1. The van der Waals surface area contributed by atoms with E-state index >= 15 is 0 Å². The zero-order valence-corrected chi connectivity index (χ0v) is 22.5. The lowest BCUT2D eigenvalue weighted by Crippen LogP contribution is -2.29. The standard InChI is InChI=1S/C22H19ClO3.C7H11N3O3/c23-16-11-9-14(10-12-16)13-5-7-15(8-6-13)19-20(24)17-3-1-2-4-18(17)21(25)22(19)26;1-5(11)4-9-6(2)8-3-7(9)10(12)13/h1-4,9-13,15,24H,5-8H2;3,5,11H,4H2,1-2H3. The summed E-state index contributed by atoms with van der Waals surface area (Å²) in [6.45, 7) is 3.43. The van der Waals surface area contributed by atoms with E-state index in [0.717, 1.165) is 30.7 Å². The lowest BCUT2D eigenvalue weighted by molar-refractivity contribution is -0.392. The van der Waals surface area contributed by atoms with Gasteiger partial charge in [0.1, 0.15) is 18.5 Å². The van der Waals surface area contributed by atoms with Crippen molar-refractivity contribution in [2.75, 3.05) is 0 Å². The molecule has 1 heterocycles. The van der Waals surface area contributed by atoms with Crippen LogP contribution in [0.2, 0.25) is 5.02 Å². The minimum Gasteiger partial charge on any atom is -0.507 e. The topological polar surface area (TPSA) is 136 Å². The number of carbonyl (C=O) groups is 2. The average molecular weight is 552 g/mol. The number of nitrogens with zero attached hydrogens (tertiary/aromatic N) is 3. The lowest BCUT2D eigenvalue weighted by atomic mass is 9.72. The maximum atomic E-state index is 12.6. The second-order valence-electron chi connectivity index (χ2n) is 9.95. The van der Waals surface area contributed by atoms with Gasteiger partial charge in [0.15, 0.2) is 5.82 Å². The van der Waals surface area contributed by atoms with Gasteiger partial charge in [-0.3, -0.25) is 9.59 Å². The van der Waals surface area contributed by atoms with Crippen LogP contribution in [0.1, 0.15) is 65.8 Å². The van der Waals surface area contributed by atoms with Gasteiger partial charge in [-0.15, -0.1) is 0 Å². The Morgan fingerprint density at radius 3 is 2.21 bits per heavy atom. The molecule has 0 radical (unpaired) electrons. The number of aliphatic hydroxyl groups is 2. The largest absolute Gasteiger partial charge is 0.507 e. The third-order valence-corrected chi connectivity index (χ3v) is 7.53. The molecule has 10 heteroatoms. The molecule has 2 aliphatic carbocycles. The summed E-state index contributed by atoms with van der Waals surface area (Å²) in [6, 6.07) is 14.7. The average Bonchev–Trinajstić information content (AvgIpc) is 3.28. The summed E-state index contributed by atoms with van der Waals surface area (Å²) in [5, 5.41) is 31.0. The fourth-order valence-electron chi connectivity index (χ4n) is 5.31. The molecule has 1 atom stereocenters. The Bertz CT molecular complexity index is 1420. The second-order valence-corrected chi connectivity index (χ2v) is 10.4. The van der Waals surface area contributed by atoms with E-state index in [-0.39, 0.29) is 24.0 Å². The van der Waals surface area contributed by atoms with Crippen LogP contribution in [0.25, 0.3) is 5.76 Å². The number of benzene rings is 2. The van der Waals surface area contributed by atoms with E-state index < -0.39 is 22.6 Å². The monoisotopic (exact) mass is 551 g/mol. The summed E-state index contributed by atoms with van der Waals surface area (Å²) in [4.78, 5) is 38.8. The van der Waals surface area contributed by atoms with Crippen LogP contribution >= 0.6 is 11.6 Å². The zero-order chi connectivity index (χ0) is 28.3. The molecule has 2 N–H and O–H groups in total. The molecule has 9 nitrogen and oxygen atoms in total. The molecule has 0 saturated heterocycles. The van der Waals surface area contributed by atoms with E-state index in [1.807, 2.05) is 12.1 Å². The number of Topliss-reactive ketones (excluding diaryl/α,β-unsaturated/α-hetero) is 2. The van der Waals surface area contributed by atoms with Crippen molar-refractivity contribution in [1.82, 2.24) is 9.55 Å². The maximum Gasteiger partial charge on any atom is 0.342 e. The van der Waals surface area contributed by atoms with Crippen LogP contribution in [0.4, 0.5) is 5.82 Å². The predicted molar refractivity (Wildman–Crippen MR) is 147 cm³/mol. The van der Waals surface area contributed by atoms with Crippen LogP contribution in [0.5, 0.6) is 0 Å². The van der Waals surface area contributed by atoms with Crippen molar-refractivity contribution in [3.05, 3.63) is 98.0 Å². The van der Waals surface area contributed by atoms with Gasteiger partial charge in [0.25, 0.3) is 0 Å². The van der Waals surface area contributed by atoms with E-state index in [2.05, 4.69) is 17.1 Å². The van der Waals surface area contributed by atoms with Crippen molar-refractivity contribution >= 4 is 34.7 Å². The molecule has 1 unspecified atom stereocenters. The number of fused-ring (bicyclic) bond motifs is 1. The highest BCUT2D eigenvalue weighted by Gasteiger charge is 2.38. The van der Waals surface area contributed by atoms with Crippen LogP contribution in [-0.4, -0.2) is 42.4 Å². The Balaban J connectivity index is 0.000000229. The summed E-state index contributed by atoms with van der Waals surface area (Å²) >= 11 is 5.96. The first-order chi connectivity index (χ1) is 18.6. The van der Waals surface area contributed by atoms with Crippen molar-refractivity contribution in [2.45, 2.75) is 58.1 Å². The molecule has 2 aliphatic rings. The molecule has 2 aromatic carbocycles. The van der Waals surface area contributed by atoms with Gasteiger partial charge in [0, 0.05) is 28.6 Å². The number of hydrogen-bond acceptors (Lipinski definition) is 7. The van der Waals surface area contributed by atoms with Crippen molar-refractivity contribution in [3.63, 3.8) is 0 Å². The normalized spacial score (nSPS) is 19.7. The molecule has 0 amide bonds. The van der Waals surface area contributed by atoms with Crippen LogP contribution in [0.15, 0.2) is 60.3 Å². The first-order valence-electron chi connectivity index (χ1n) is 12.8. The first-order valence-corrected chi connectivity index (χ1v) is 13.2. The summed E-state index contributed by atoms with van der Waals surface area (Å²) in [6.07, 6.45) is 3.99. The van der Waals surface area contributed by atoms with E-state index in [4.69, 9.17) is 16.7 Å². The Kier molecular flexibility index (Phi) is 8.62. The predicted octanol–water partition coefficient (Wildman–Crippen LogP) is 5.83. The number of ketones is 2. The quantitative estimate of drug-likeness (QED) is 0.231. The van der Waals surface area contributed by atoms with Gasteiger partial charge in [0.2, 0.25) is 11.6 Å². The zero-order valence-electron chi connectivity index (χ0n) is 21.7. The molecule has 1 fully saturated rings. The molecule has 0 spiro atoms. The van der Waals surface area contributed by atoms with Gasteiger partial charge in [-0.1, -0.05) is 48.0 Å². The highest BCUT2D eigenvalue weighted by molar-refractivity contribution is 6.52. The van der Waals surface area contributed by atoms with Gasteiger partial charge in [0.05, 0.1) is 6.10 Å². The van der Waals surface area contributed by atoms with E-state index in [1.54, 1.807) is 38.1 Å². The van der Waals surface area contributed by atoms with E-state index in [1.165, 1.54) is 16.3 Å². The minimum atomic E-state index is -0.619. The number of aryl methyl sites for hydroxylation is 1. The Labute approximate surface area is 230 Å². The van der Waals surface area contributed by atoms with Crippen LogP contribution in [-0.2, 0) is 11.3 Å². The lowest BCUT2D eigenvalue weighted by Gasteiger charge is -2.31. The third kappa shape index (κ3) is 6.10. The van der Waals surface area contributed by atoms with Crippen molar-refractivity contribution in [3.8, 4) is 0 Å². The van der Waals surface area contributed by atoms with E-state index in [0.29, 0.717) is 28.4 Å². The molecule has 0 aliphatic heterocycles. The number of allylic oxidation sites excluding steroid dienone is 1. The Morgan fingerprint density at radius 1 is 1.03 bits per heavy atom. The Morgan fingerprint density at radius 2 is 1.62 bits per heavy atom. The number of rotatable bonds is 5. The highest BCUT2D eigenvalue weighted by Crippen LogP contribution is 2.42. The second kappa shape index (κ2) is 11.9. The summed E-state index contributed by atoms with van der Waals surface area (Å²) in [7, 11) is 0. The van der Waals surface area contributed by atoms with E-state index in [9.17, 15) is 24.8 Å². The number of aliphatic hydroxyl groups excluding tert-OH is 2. The molecular formula is C29H30ClN3O6. The van der Waals surface area contributed by atoms with Crippen LogP contribution in [0, 0.1) is 23.0 Å². The Hall–Kier alpha value is -3.82. The maximum absolute atomic E-state index is 12.6. The van der Waals surface area contributed by atoms with Crippen LogP contribution < -0.4 is 0 Å². The van der Waals surface area contributed by atoms with Gasteiger partial charge in [-0.25, -0.2) is 9.55 Å². The molecule has 5 rings (SSSR count). The van der Waals surface area contributed by atoms with Gasteiger partial charge in [-0.05, 0) is 67.1 Å². The molecule has 0 bridgehead atoms. The van der Waals surface area contributed by atoms with Crippen molar-refractivity contribution < 1.29 is 24.7 Å². The fraction of sp³-hybridized carbons (Fsp3) is 0.345. The van der Waals surface area contributed by atoms with Crippen LogP contribution in [0.3, 0.4) is 0 Å². The first kappa shape index (κ1) is 28.2. The molecule has 1 aromatic heterocycles. The molecule has 39 heavy (non-hydrogen) atoms. The molecular weight excluding hydrogens is 522 g/mol. The molecule has 204 valence electrons. The van der Waals surface area contributed by atoms with Gasteiger partial charge in [-0.2, -0.15) is 0 Å².